The van der Waals surface area contributed by atoms with Crippen molar-refractivity contribution in [1.82, 2.24) is 13.7 Å². The minimum atomic E-state index is -0.585. The fraction of sp³-hybridized carbons (Fsp3) is 0.136. The minimum Gasteiger partial charge on any atom is -0.342 e. The van der Waals surface area contributed by atoms with Crippen LogP contribution in [0.4, 0.5) is 5.69 Å². The summed E-state index contributed by atoms with van der Waals surface area (Å²) in [6.07, 6.45) is 0. The van der Waals surface area contributed by atoms with Gasteiger partial charge in [0.2, 0.25) is 5.91 Å². The average Bonchev–Trinajstić information content (AvgIpc) is 3.03. The monoisotopic (exact) mass is 422 g/mol. The van der Waals surface area contributed by atoms with E-state index < -0.39 is 17.2 Å². The maximum atomic E-state index is 13.3. The Morgan fingerprint density at radius 2 is 1.70 bits per heavy atom. The minimum absolute atomic E-state index is 0.267. The Balaban J connectivity index is 1.88. The molecule has 4 rings (SSSR count). The third-order valence-electron chi connectivity index (χ3n) is 5.04. The van der Waals surface area contributed by atoms with Gasteiger partial charge in [-0.2, -0.15) is 0 Å². The van der Waals surface area contributed by atoms with Gasteiger partial charge in [-0.3, -0.25) is 14.2 Å². The summed E-state index contributed by atoms with van der Waals surface area (Å²) in [6, 6.07) is 17.2. The van der Waals surface area contributed by atoms with E-state index in [0.29, 0.717) is 27.4 Å². The van der Waals surface area contributed by atoms with Crippen LogP contribution in [-0.4, -0.2) is 19.6 Å². The lowest BCUT2D eigenvalue weighted by Gasteiger charge is -2.13. The largest absolute Gasteiger partial charge is 0.342 e. The number of nitrogens with one attached hydrogen (secondary N) is 1. The van der Waals surface area contributed by atoms with Crippen LogP contribution in [0.15, 0.2) is 70.3 Å². The van der Waals surface area contributed by atoms with Gasteiger partial charge < -0.3 is 9.88 Å². The molecule has 1 amide bonds. The normalized spacial score (nSPS) is 11.0. The molecular weight excluding hydrogens is 404 g/mol. The van der Waals surface area contributed by atoms with Gasteiger partial charge in [0.25, 0.3) is 5.56 Å². The summed E-state index contributed by atoms with van der Waals surface area (Å²) in [7, 11) is 1.76. The molecule has 0 spiro atoms. The molecule has 0 saturated heterocycles. The molecule has 0 radical (unpaired) electrons. The van der Waals surface area contributed by atoms with E-state index in [9.17, 15) is 14.4 Å². The summed E-state index contributed by atoms with van der Waals surface area (Å²) >= 11 is 6.12. The number of nitrogens with zero attached hydrogens (tertiary/aromatic N) is 3. The Morgan fingerprint density at radius 3 is 2.40 bits per heavy atom. The standard InChI is InChI=1S/C22H19ClN4O3/c1-14-12-18-20(25(14)2)21(29)27(15-8-4-3-5-9-15)22(30)26(18)13-19(28)24-17-11-7-6-10-16(17)23/h3-12H,13H2,1-2H3,(H,24,28). The number of aryl methyl sites for hydroxylation is 2. The molecule has 7 nitrogen and oxygen atoms in total. The molecule has 2 aromatic carbocycles. The Morgan fingerprint density at radius 1 is 1.03 bits per heavy atom. The van der Waals surface area contributed by atoms with Gasteiger partial charge in [-0.05, 0) is 37.3 Å². The number of aromatic nitrogens is 3. The van der Waals surface area contributed by atoms with Crippen molar-refractivity contribution in [2.24, 2.45) is 7.05 Å². The zero-order valence-corrected chi connectivity index (χ0v) is 17.2. The zero-order chi connectivity index (χ0) is 21.4. The van der Waals surface area contributed by atoms with Gasteiger partial charge in [-0.25, -0.2) is 9.36 Å². The van der Waals surface area contributed by atoms with Crippen LogP contribution in [0.3, 0.4) is 0 Å². The van der Waals surface area contributed by atoms with Crippen LogP contribution >= 0.6 is 11.6 Å². The topological polar surface area (TPSA) is 78.0 Å². The van der Waals surface area contributed by atoms with E-state index in [1.165, 1.54) is 4.57 Å². The van der Waals surface area contributed by atoms with Crippen LogP contribution in [0, 0.1) is 6.92 Å². The number of hydrogen-bond donors (Lipinski definition) is 1. The SMILES string of the molecule is Cc1cc2c(c(=O)n(-c3ccccc3)c(=O)n2CC(=O)Nc2ccccc2Cl)n1C. The second-order valence-electron chi connectivity index (χ2n) is 6.95. The molecular formula is C22H19ClN4O3. The van der Waals surface area contributed by atoms with Crippen LogP contribution in [0.2, 0.25) is 5.02 Å². The molecule has 1 N–H and O–H groups in total. The molecule has 0 atom stereocenters. The van der Waals surface area contributed by atoms with Crippen molar-refractivity contribution < 1.29 is 4.79 Å². The van der Waals surface area contributed by atoms with Gasteiger partial charge in [0.05, 0.1) is 21.9 Å². The second-order valence-corrected chi connectivity index (χ2v) is 7.36. The molecule has 2 aromatic heterocycles. The van der Waals surface area contributed by atoms with Crippen molar-refractivity contribution in [2.75, 3.05) is 5.32 Å². The third kappa shape index (κ3) is 3.33. The smallest absolute Gasteiger partial charge is 0.336 e. The van der Waals surface area contributed by atoms with Crippen molar-refractivity contribution in [2.45, 2.75) is 13.5 Å². The summed E-state index contributed by atoms with van der Waals surface area (Å²) in [5, 5.41) is 3.12. The van der Waals surface area contributed by atoms with Gasteiger partial charge in [-0.15, -0.1) is 0 Å². The number of halogens is 1. The molecule has 0 aliphatic rings. The maximum absolute atomic E-state index is 13.3. The van der Waals surface area contributed by atoms with Gasteiger partial charge in [0.1, 0.15) is 12.1 Å². The first-order valence-electron chi connectivity index (χ1n) is 9.30. The van der Waals surface area contributed by atoms with Gasteiger partial charge >= 0.3 is 5.69 Å². The molecule has 0 fully saturated rings. The van der Waals surface area contributed by atoms with Gasteiger partial charge in [0.15, 0.2) is 0 Å². The highest BCUT2D eigenvalue weighted by molar-refractivity contribution is 6.33. The van der Waals surface area contributed by atoms with E-state index >= 15 is 0 Å². The maximum Gasteiger partial charge on any atom is 0.336 e. The van der Waals surface area contributed by atoms with E-state index in [2.05, 4.69) is 5.32 Å². The lowest BCUT2D eigenvalue weighted by molar-refractivity contribution is -0.116. The summed E-state index contributed by atoms with van der Waals surface area (Å²) < 4.78 is 4.12. The first kappa shape index (κ1) is 19.7. The van der Waals surface area contributed by atoms with E-state index in [1.807, 2.05) is 6.92 Å². The molecule has 0 aliphatic heterocycles. The number of hydrogen-bond acceptors (Lipinski definition) is 3. The number of fused-ring (bicyclic) bond motifs is 1. The van der Waals surface area contributed by atoms with E-state index in [0.717, 1.165) is 10.3 Å². The first-order chi connectivity index (χ1) is 14.4. The number of carbonyl (C=O) groups excluding carboxylic acids is 1. The number of amides is 1. The van der Waals surface area contributed by atoms with E-state index in [1.54, 1.807) is 72.3 Å². The molecule has 152 valence electrons. The zero-order valence-electron chi connectivity index (χ0n) is 16.4. The number of anilines is 1. The third-order valence-corrected chi connectivity index (χ3v) is 5.36. The number of carbonyl (C=O) groups is 1. The molecule has 8 heteroatoms. The highest BCUT2D eigenvalue weighted by atomic mass is 35.5. The molecule has 30 heavy (non-hydrogen) atoms. The van der Waals surface area contributed by atoms with Crippen molar-refractivity contribution in [3.05, 3.63) is 92.2 Å². The van der Waals surface area contributed by atoms with Gasteiger partial charge in [0, 0.05) is 12.7 Å². The van der Waals surface area contributed by atoms with Crippen molar-refractivity contribution in [3.63, 3.8) is 0 Å². The van der Waals surface area contributed by atoms with Gasteiger partial charge in [-0.1, -0.05) is 41.9 Å². The fourth-order valence-corrected chi connectivity index (χ4v) is 3.62. The molecule has 4 aromatic rings. The van der Waals surface area contributed by atoms with Crippen molar-refractivity contribution >= 4 is 34.2 Å². The lowest BCUT2D eigenvalue weighted by Crippen LogP contribution is -2.41. The summed E-state index contributed by atoms with van der Waals surface area (Å²) in [4.78, 5) is 39.2. The predicted molar refractivity (Wildman–Crippen MR) is 118 cm³/mol. The highest BCUT2D eigenvalue weighted by Gasteiger charge is 2.20. The Hall–Kier alpha value is -3.58. The molecule has 0 bridgehead atoms. The molecule has 0 unspecified atom stereocenters. The van der Waals surface area contributed by atoms with Crippen LogP contribution in [0.1, 0.15) is 5.69 Å². The highest BCUT2D eigenvalue weighted by Crippen LogP contribution is 2.21. The molecule has 2 heterocycles. The van der Waals surface area contributed by atoms with E-state index in [-0.39, 0.29) is 6.54 Å². The first-order valence-corrected chi connectivity index (χ1v) is 9.68. The fourth-order valence-electron chi connectivity index (χ4n) is 3.44. The van der Waals surface area contributed by atoms with E-state index in [4.69, 9.17) is 11.6 Å². The average molecular weight is 423 g/mol. The Kier molecular flexibility index (Phi) is 5.05. The number of benzene rings is 2. The Labute approximate surface area is 176 Å². The number of rotatable bonds is 4. The molecule has 0 aliphatic carbocycles. The summed E-state index contributed by atoms with van der Waals surface area (Å²) in [5.41, 5.74) is 1.43. The Bertz CT molecular complexity index is 1380. The molecule has 0 saturated carbocycles. The number of para-hydroxylation sites is 2. The van der Waals surface area contributed by atoms with Crippen molar-refractivity contribution in [1.29, 1.82) is 0 Å². The van der Waals surface area contributed by atoms with Crippen LogP contribution in [0.25, 0.3) is 16.7 Å². The van der Waals surface area contributed by atoms with Crippen molar-refractivity contribution in [3.8, 4) is 5.69 Å². The predicted octanol–water partition coefficient (Wildman–Crippen LogP) is 3.09. The summed E-state index contributed by atoms with van der Waals surface area (Å²) in [6.45, 7) is 1.57. The summed E-state index contributed by atoms with van der Waals surface area (Å²) in [5.74, 6) is -0.425. The lowest BCUT2D eigenvalue weighted by atomic mass is 10.3. The second kappa shape index (κ2) is 7.68. The van der Waals surface area contributed by atoms with Crippen LogP contribution in [0.5, 0.6) is 0 Å². The van der Waals surface area contributed by atoms with Crippen LogP contribution in [-0.2, 0) is 18.4 Å². The van der Waals surface area contributed by atoms with Crippen LogP contribution < -0.4 is 16.6 Å². The quantitative estimate of drug-likeness (QED) is 0.549.